The molecule has 0 bridgehead atoms. The Morgan fingerprint density at radius 1 is 1.21 bits per heavy atom. The molecule has 72 valence electrons. The van der Waals surface area contributed by atoms with E-state index in [1.807, 2.05) is 6.07 Å². The Hall–Kier alpha value is -2.17. The lowest BCUT2D eigenvalue weighted by Gasteiger charge is -1.97. The average molecular weight is 191 g/mol. The van der Waals surface area contributed by atoms with Gasteiger partial charge in [0.05, 0.1) is 11.9 Å². The molecule has 2 rings (SSSR count). The number of para-hydroxylation sites is 1. The van der Waals surface area contributed by atoms with Crippen LogP contribution in [0.15, 0.2) is 41.3 Å². The first kappa shape index (κ1) is 8.43. The molecule has 0 aliphatic rings. The molecule has 0 aliphatic carbocycles. The van der Waals surface area contributed by atoms with Crippen LogP contribution in [0.2, 0.25) is 0 Å². The minimum Gasteiger partial charge on any atom is -0.492 e. The molecule has 0 aliphatic heterocycles. The second-order valence-corrected chi connectivity index (χ2v) is 2.85. The van der Waals surface area contributed by atoms with E-state index < -0.39 is 5.69 Å². The molecule has 1 heterocycles. The van der Waals surface area contributed by atoms with Gasteiger partial charge in [0.2, 0.25) is 5.88 Å². The summed E-state index contributed by atoms with van der Waals surface area (Å²) in [5, 5.41) is 9.20. The predicted octanol–water partition coefficient (Wildman–Crippen LogP) is 0.0584. The summed E-state index contributed by atoms with van der Waals surface area (Å²) in [6.07, 6.45) is 1.28. The number of aromatic hydroxyl groups is 1. The van der Waals surface area contributed by atoms with Gasteiger partial charge in [0.1, 0.15) is 0 Å². The highest BCUT2D eigenvalue weighted by atomic mass is 16.3. The van der Waals surface area contributed by atoms with E-state index in [0.717, 1.165) is 0 Å². The zero-order chi connectivity index (χ0) is 10.1. The van der Waals surface area contributed by atoms with Gasteiger partial charge in [0, 0.05) is 0 Å². The first-order chi connectivity index (χ1) is 6.70. The highest BCUT2D eigenvalue weighted by Gasteiger charge is 2.07. The minimum absolute atomic E-state index is 0.265. The molecule has 0 saturated carbocycles. The number of nitrogen functional groups attached to an aromatic ring is 1. The van der Waals surface area contributed by atoms with Crippen LogP contribution in [-0.4, -0.2) is 14.3 Å². The number of hydrogen-bond acceptors (Lipinski definition) is 3. The van der Waals surface area contributed by atoms with Crippen molar-refractivity contribution >= 4 is 0 Å². The minimum atomic E-state index is -0.478. The monoisotopic (exact) mass is 191 g/mol. The van der Waals surface area contributed by atoms with Gasteiger partial charge in [-0.15, -0.1) is 0 Å². The number of nitrogens with two attached hydrogens (primary N) is 1. The van der Waals surface area contributed by atoms with Gasteiger partial charge in [-0.05, 0) is 12.1 Å². The van der Waals surface area contributed by atoms with Crippen molar-refractivity contribution in [3.63, 3.8) is 0 Å². The van der Waals surface area contributed by atoms with Crippen LogP contribution in [0.25, 0.3) is 5.69 Å². The van der Waals surface area contributed by atoms with Crippen LogP contribution >= 0.6 is 0 Å². The Bertz CT molecular complexity index is 499. The van der Waals surface area contributed by atoms with Crippen molar-refractivity contribution in [2.75, 3.05) is 5.84 Å². The van der Waals surface area contributed by atoms with Gasteiger partial charge in [-0.2, -0.15) is 4.68 Å². The van der Waals surface area contributed by atoms with Crippen molar-refractivity contribution in [3.8, 4) is 11.6 Å². The van der Waals surface area contributed by atoms with Crippen molar-refractivity contribution in [1.82, 2.24) is 9.24 Å². The Kier molecular flexibility index (Phi) is 1.78. The lowest BCUT2D eigenvalue weighted by molar-refractivity contribution is 0.436. The van der Waals surface area contributed by atoms with Crippen LogP contribution < -0.4 is 11.5 Å². The normalized spacial score (nSPS) is 10.3. The van der Waals surface area contributed by atoms with Crippen LogP contribution in [0, 0.1) is 0 Å². The maximum Gasteiger partial charge on any atom is 0.354 e. The van der Waals surface area contributed by atoms with Gasteiger partial charge in [-0.1, -0.05) is 18.2 Å². The zero-order valence-electron chi connectivity index (χ0n) is 7.29. The quantitative estimate of drug-likeness (QED) is 0.626. The zero-order valence-corrected chi connectivity index (χ0v) is 7.29. The van der Waals surface area contributed by atoms with Crippen LogP contribution in [-0.2, 0) is 0 Å². The van der Waals surface area contributed by atoms with Crippen LogP contribution in [0.4, 0.5) is 0 Å². The van der Waals surface area contributed by atoms with Gasteiger partial charge in [-0.3, -0.25) is 4.57 Å². The predicted molar refractivity (Wildman–Crippen MR) is 51.8 cm³/mol. The molecule has 2 aromatic rings. The average Bonchev–Trinajstić information content (AvgIpc) is 2.47. The SMILES string of the molecule is Nn1c(O)cn(-c2ccccc2)c1=O. The van der Waals surface area contributed by atoms with E-state index >= 15 is 0 Å². The topological polar surface area (TPSA) is 73.2 Å². The molecule has 3 N–H and O–H groups in total. The van der Waals surface area contributed by atoms with Gasteiger partial charge in [0.15, 0.2) is 0 Å². The number of benzene rings is 1. The van der Waals surface area contributed by atoms with Crippen molar-refractivity contribution in [1.29, 1.82) is 0 Å². The molecule has 5 heteroatoms. The molecule has 0 unspecified atom stereocenters. The van der Waals surface area contributed by atoms with E-state index in [1.54, 1.807) is 24.3 Å². The van der Waals surface area contributed by atoms with Gasteiger partial charge >= 0.3 is 5.69 Å². The molecule has 1 aromatic carbocycles. The molecular formula is C9H9N3O2. The lowest BCUT2D eigenvalue weighted by atomic mass is 10.3. The Morgan fingerprint density at radius 3 is 2.36 bits per heavy atom. The fraction of sp³-hybridized carbons (Fsp3) is 0. The molecule has 5 nitrogen and oxygen atoms in total. The molecule has 0 fully saturated rings. The molecule has 0 saturated heterocycles. The maximum absolute atomic E-state index is 11.4. The van der Waals surface area contributed by atoms with Crippen LogP contribution in [0.1, 0.15) is 0 Å². The molecule has 0 atom stereocenters. The molecular weight excluding hydrogens is 182 g/mol. The lowest BCUT2D eigenvalue weighted by Crippen LogP contribution is -2.28. The van der Waals surface area contributed by atoms with E-state index in [1.165, 1.54) is 10.8 Å². The smallest absolute Gasteiger partial charge is 0.354 e. The second-order valence-electron chi connectivity index (χ2n) is 2.85. The third kappa shape index (κ3) is 1.15. The summed E-state index contributed by atoms with van der Waals surface area (Å²) in [5.41, 5.74) is 0.186. The summed E-state index contributed by atoms with van der Waals surface area (Å²) >= 11 is 0. The van der Waals surface area contributed by atoms with Crippen molar-refractivity contribution in [2.45, 2.75) is 0 Å². The van der Waals surface area contributed by atoms with E-state index in [2.05, 4.69) is 0 Å². The van der Waals surface area contributed by atoms with Crippen LogP contribution in [0.5, 0.6) is 5.88 Å². The Balaban J connectivity index is 2.64. The highest BCUT2D eigenvalue weighted by molar-refractivity contribution is 5.32. The fourth-order valence-electron chi connectivity index (χ4n) is 1.22. The largest absolute Gasteiger partial charge is 0.492 e. The standard InChI is InChI=1S/C9H9N3O2/c10-12-8(13)6-11(9(12)14)7-4-2-1-3-5-7/h1-6,13H,10H2. The van der Waals surface area contributed by atoms with Gasteiger partial charge in [-0.25, -0.2) is 4.79 Å². The fourth-order valence-corrected chi connectivity index (χ4v) is 1.22. The first-order valence-electron chi connectivity index (χ1n) is 4.04. The molecule has 14 heavy (non-hydrogen) atoms. The molecule has 0 spiro atoms. The van der Waals surface area contributed by atoms with E-state index in [4.69, 9.17) is 5.84 Å². The summed E-state index contributed by atoms with van der Waals surface area (Å²) in [6, 6.07) is 8.94. The number of aromatic nitrogens is 2. The molecule has 0 radical (unpaired) electrons. The van der Waals surface area contributed by atoms with E-state index in [9.17, 15) is 9.90 Å². The first-order valence-corrected chi connectivity index (χ1v) is 4.04. The molecule has 0 amide bonds. The van der Waals surface area contributed by atoms with Crippen molar-refractivity contribution < 1.29 is 5.11 Å². The Labute approximate surface area is 79.6 Å². The summed E-state index contributed by atoms with van der Waals surface area (Å²) in [6.45, 7) is 0. The summed E-state index contributed by atoms with van der Waals surface area (Å²) in [7, 11) is 0. The number of hydrogen-bond donors (Lipinski definition) is 2. The number of imidazole rings is 1. The summed E-state index contributed by atoms with van der Waals surface area (Å²) < 4.78 is 1.96. The van der Waals surface area contributed by atoms with Crippen LogP contribution in [0.3, 0.4) is 0 Å². The number of nitrogens with zero attached hydrogens (tertiary/aromatic N) is 2. The third-order valence-electron chi connectivity index (χ3n) is 1.94. The van der Waals surface area contributed by atoms with Gasteiger partial charge < -0.3 is 10.9 Å². The highest BCUT2D eigenvalue weighted by Crippen LogP contribution is 2.08. The summed E-state index contributed by atoms with van der Waals surface area (Å²) in [4.78, 5) is 11.4. The van der Waals surface area contributed by atoms with Crippen molar-refractivity contribution in [2.24, 2.45) is 0 Å². The maximum atomic E-state index is 11.4. The second kappa shape index (κ2) is 2.95. The van der Waals surface area contributed by atoms with E-state index in [0.29, 0.717) is 10.4 Å². The Morgan fingerprint density at radius 2 is 1.86 bits per heavy atom. The third-order valence-corrected chi connectivity index (χ3v) is 1.94. The summed E-state index contributed by atoms with van der Waals surface area (Å²) in [5.74, 6) is 5.01. The van der Waals surface area contributed by atoms with Gasteiger partial charge in [0.25, 0.3) is 0 Å². The molecule has 1 aromatic heterocycles. The number of rotatable bonds is 1. The van der Waals surface area contributed by atoms with Crippen molar-refractivity contribution in [3.05, 3.63) is 47.0 Å². The van der Waals surface area contributed by atoms with E-state index in [-0.39, 0.29) is 5.88 Å².